The number of carbonyl (C=O) groups excluding carboxylic acids is 1. The maximum absolute atomic E-state index is 12.7. The van der Waals surface area contributed by atoms with Crippen LogP contribution in [0.1, 0.15) is 16.8 Å². The summed E-state index contributed by atoms with van der Waals surface area (Å²) in [6, 6.07) is 4.73. The fourth-order valence-electron chi connectivity index (χ4n) is 2.97. The fraction of sp³-hybridized carbons (Fsp3) is 0.333. The summed E-state index contributed by atoms with van der Waals surface area (Å²) < 4.78 is 5.14. The van der Waals surface area contributed by atoms with Crippen LogP contribution in [-0.2, 0) is 0 Å². The number of hydrogen-bond acceptors (Lipinski definition) is 3. The highest BCUT2D eigenvalue weighted by Gasteiger charge is 2.39. The largest absolute Gasteiger partial charge is 0.497 e. The molecule has 6 heteroatoms. The number of carbonyl (C=O) groups is 2. The lowest BCUT2D eigenvalue weighted by molar-refractivity contribution is 0.0750. The second kappa shape index (κ2) is 4.80. The van der Waals surface area contributed by atoms with Crippen LogP contribution in [0.15, 0.2) is 30.4 Å². The highest BCUT2D eigenvalue weighted by molar-refractivity contribution is 6.05. The van der Waals surface area contributed by atoms with Crippen molar-refractivity contribution in [1.29, 1.82) is 0 Å². The van der Waals surface area contributed by atoms with E-state index in [1.807, 2.05) is 0 Å². The minimum Gasteiger partial charge on any atom is -0.497 e. The number of anilines is 1. The van der Waals surface area contributed by atoms with Crippen LogP contribution in [0.4, 0.5) is 10.5 Å². The molecule has 1 fully saturated rings. The van der Waals surface area contributed by atoms with Gasteiger partial charge in [0.25, 0.3) is 5.91 Å². The topological polar surface area (TPSA) is 70.1 Å². The van der Waals surface area contributed by atoms with E-state index < -0.39 is 6.09 Å². The van der Waals surface area contributed by atoms with E-state index in [2.05, 4.69) is 6.58 Å². The van der Waals surface area contributed by atoms with Crippen LogP contribution in [0.3, 0.4) is 0 Å². The van der Waals surface area contributed by atoms with E-state index >= 15 is 0 Å². The molecule has 0 aromatic heterocycles. The van der Waals surface area contributed by atoms with Crippen LogP contribution in [0, 0.1) is 0 Å². The second-order valence-electron chi connectivity index (χ2n) is 5.32. The summed E-state index contributed by atoms with van der Waals surface area (Å²) in [6.45, 7) is 4.66. The molecule has 2 aliphatic rings. The summed E-state index contributed by atoms with van der Waals surface area (Å²) in [4.78, 5) is 27.2. The SMILES string of the molecule is C=C1CC2CN(C(=O)O)c3ccc(OC)cc3C(=O)N2C1. The first kappa shape index (κ1) is 13.5. The van der Waals surface area contributed by atoms with Gasteiger partial charge in [0.2, 0.25) is 0 Å². The van der Waals surface area contributed by atoms with Gasteiger partial charge in [-0.05, 0) is 24.6 Å². The van der Waals surface area contributed by atoms with Crippen LogP contribution < -0.4 is 9.64 Å². The molecule has 0 spiro atoms. The average molecular weight is 288 g/mol. The predicted octanol–water partition coefficient (Wildman–Crippen LogP) is 1.96. The molecule has 1 aromatic rings. The minimum absolute atomic E-state index is 0.153. The summed E-state index contributed by atoms with van der Waals surface area (Å²) in [6.07, 6.45) is -0.422. The summed E-state index contributed by atoms with van der Waals surface area (Å²) in [5.74, 6) is 0.361. The molecular weight excluding hydrogens is 272 g/mol. The zero-order chi connectivity index (χ0) is 15.1. The number of ether oxygens (including phenoxy) is 1. The summed E-state index contributed by atoms with van der Waals surface area (Å²) in [5.41, 5.74) is 1.72. The zero-order valence-corrected chi connectivity index (χ0v) is 11.7. The van der Waals surface area contributed by atoms with Crippen molar-refractivity contribution in [2.24, 2.45) is 0 Å². The average Bonchev–Trinajstić information content (AvgIpc) is 2.79. The highest BCUT2D eigenvalue weighted by atomic mass is 16.5. The third kappa shape index (κ3) is 2.12. The van der Waals surface area contributed by atoms with Gasteiger partial charge in [0.1, 0.15) is 5.75 Å². The van der Waals surface area contributed by atoms with Crippen LogP contribution in [0.25, 0.3) is 0 Å². The van der Waals surface area contributed by atoms with E-state index in [0.29, 0.717) is 30.0 Å². The van der Waals surface area contributed by atoms with Crippen molar-refractivity contribution in [3.8, 4) is 5.75 Å². The first-order valence-corrected chi connectivity index (χ1v) is 6.67. The molecule has 21 heavy (non-hydrogen) atoms. The molecule has 1 unspecified atom stereocenters. The van der Waals surface area contributed by atoms with Gasteiger partial charge in [-0.25, -0.2) is 4.79 Å². The summed E-state index contributed by atoms with van der Waals surface area (Å²) in [7, 11) is 1.51. The van der Waals surface area contributed by atoms with E-state index in [1.165, 1.54) is 12.0 Å². The van der Waals surface area contributed by atoms with Crippen molar-refractivity contribution in [3.63, 3.8) is 0 Å². The molecule has 1 N–H and O–H groups in total. The van der Waals surface area contributed by atoms with Crippen LogP contribution in [0.2, 0.25) is 0 Å². The Hall–Kier alpha value is -2.50. The van der Waals surface area contributed by atoms with E-state index in [0.717, 1.165) is 5.57 Å². The number of rotatable bonds is 1. The maximum Gasteiger partial charge on any atom is 0.411 e. The van der Waals surface area contributed by atoms with Crippen molar-refractivity contribution in [2.75, 3.05) is 25.1 Å². The van der Waals surface area contributed by atoms with Crippen molar-refractivity contribution in [1.82, 2.24) is 4.90 Å². The van der Waals surface area contributed by atoms with E-state index in [-0.39, 0.29) is 18.5 Å². The molecule has 6 nitrogen and oxygen atoms in total. The Morgan fingerprint density at radius 2 is 2.24 bits per heavy atom. The van der Waals surface area contributed by atoms with Gasteiger partial charge in [0.05, 0.1) is 30.9 Å². The van der Waals surface area contributed by atoms with Gasteiger partial charge in [0, 0.05) is 6.54 Å². The van der Waals surface area contributed by atoms with Crippen molar-refractivity contribution in [2.45, 2.75) is 12.5 Å². The number of hydrogen-bond donors (Lipinski definition) is 1. The predicted molar refractivity (Wildman–Crippen MR) is 76.9 cm³/mol. The maximum atomic E-state index is 12.7. The molecule has 0 saturated carbocycles. The minimum atomic E-state index is -1.06. The van der Waals surface area contributed by atoms with Gasteiger partial charge < -0.3 is 14.7 Å². The first-order valence-electron chi connectivity index (χ1n) is 6.67. The number of amides is 2. The van der Waals surface area contributed by atoms with E-state index in [1.54, 1.807) is 23.1 Å². The standard InChI is InChI=1S/C15H16N2O4/c1-9-5-10-8-17(15(19)20)13-4-3-11(21-2)6-12(13)14(18)16(10)7-9/h3-4,6,10H,1,5,7-8H2,2H3,(H,19,20). The first-order chi connectivity index (χ1) is 10.0. The smallest absolute Gasteiger partial charge is 0.411 e. The van der Waals surface area contributed by atoms with Gasteiger partial charge in [-0.1, -0.05) is 12.2 Å². The molecule has 2 aliphatic heterocycles. The number of benzene rings is 1. The second-order valence-corrected chi connectivity index (χ2v) is 5.32. The third-order valence-corrected chi connectivity index (χ3v) is 3.97. The van der Waals surface area contributed by atoms with Crippen LogP contribution in [-0.4, -0.2) is 48.2 Å². The third-order valence-electron chi connectivity index (χ3n) is 3.97. The summed E-state index contributed by atoms with van der Waals surface area (Å²) >= 11 is 0. The molecule has 1 aromatic carbocycles. The molecule has 1 atom stereocenters. The number of fused-ring (bicyclic) bond motifs is 2. The Morgan fingerprint density at radius 3 is 2.90 bits per heavy atom. The highest BCUT2D eigenvalue weighted by Crippen LogP contribution is 2.34. The summed E-state index contributed by atoms with van der Waals surface area (Å²) in [5, 5.41) is 9.45. The number of carboxylic acid groups (broad SMARTS) is 1. The van der Waals surface area contributed by atoms with Crippen molar-refractivity contribution >= 4 is 17.7 Å². The molecule has 0 radical (unpaired) electrons. The van der Waals surface area contributed by atoms with Gasteiger partial charge in [-0.3, -0.25) is 9.69 Å². The Kier molecular flexibility index (Phi) is 3.08. The molecule has 1 saturated heterocycles. The quantitative estimate of drug-likeness (QED) is 0.802. The van der Waals surface area contributed by atoms with E-state index in [9.17, 15) is 14.7 Å². The zero-order valence-electron chi connectivity index (χ0n) is 11.7. The molecular formula is C15H16N2O4. The Labute approximate surface area is 122 Å². The molecule has 110 valence electrons. The van der Waals surface area contributed by atoms with Crippen molar-refractivity contribution < 1.29 is 19.4 Å². The lowest BCUT2D eigenvalue weighted by atomic mass is 10.1. The number of methoxy groups -OCH3 is 1. The van der Waals surface area contributed by atoms with Gasteiger partial charge >= 0.3 is 6.09 Å². The van der Waals surface area contributed by atoms with Gasteiger partial charge in [-0.2, -0.15) is 0 Å². The molecule has 3 rings (SSSR count). The lowest BCUT2D eigenvalue weighted by Gasteiger charge is -2.23. The molecule has 2 heterocycles. The lowest BCUT2D eigenvalue weighted by Crippen LogP contribution is -2.41. The fourth-order valence-corrected chi connectivity index (χ4v) is 2.97. The van der Waals surface area contributed by atoms with Gasteiger partial charge in [0.15, 0.2) is 0 Å². The van der Waals surface area contributed by atoms with Crippen LogP contribution in [0.5, 0.6) is 5.75 Å². The van der Waals surface area contributed by atoms with Gasteiger partial charge in [-0.15, -0.1) is 0 Å². The van der Waals surface area contributed by atoms with E-state index in [4.69, 9.17) is 4.74 Å². The molecule has 0 bridgehead atoms. The molecule has 2 amide bonds. The monoisotopic (exact) mass is 288 g/mol. The Balaban J connectivity index is 2.13. The van der Waals surface area contributed by atoms with Crippen LogP contribution >= 0.6 is 0 Å². The number of nitrogens with zero attached hydrogens (tertiary/aromatic N) is 2. The van der Waals surface area contributed by atoms with Crippen molar-refractivity contribution in [3.05, 3.63) is 35.9 Å². The Bertz CT molecular complexity index is 641. The molecule has 0 aliphatic carbocycles. The Morgan fingerprint density at radius 1 is 1.48 bits per heavy atom. The normalized spacial score (nSPS) is 20.9.